The van der Waals surface area contributed by atoms with E-state index in [1.807, 2.05) is 0 Å². The Kier molecular flexibility index (Phi) is 3.14. The largest absolute Gasteiger partial charge is 0.395 e. The first-order valence-corrected chi connectivity index (χ1v) is 8.75. The number of aliphatic hydroxyl groups is 2. The first-order valence-electron chi connectivity index (χ1n) is 8.75. The minimum atomic E-state index is -0.186. The van der Waals surface area contributed by atoms with Crippen LogP contribution in [0.2, 0.25) is 0 Å². The molecule has 0 saturated heterocycles. The lowest BCUT2D eigenvalue weighted by molar-refractivity contribution is -0.0580. The molecule has 0 aromatic rings. The maximum Gasteiger partial charge on any atom is 0.0577 e. The highest BCUT2D eigenvalue weighted by Crippen LogP contribution is 2.63. The summed E-state index contributed by atoms with van der Waals surface area (Å²) in [4.78, 5) is 0. The molecule has 0 heterocycles. The Labute approximate surface area is 127 Å². The fourth-order valence-corrected chi connectivity index (χ4v) is 6.22. The number of hydrogen-bond acceptors (Lipinski definition) is 2. The molecule has 2 nitrogen and oxygen atoms in total. The molecule has 0 aromatic heterocycles. The second-order valence-electron chi connectivity index (χ2n) is 8.24. The molecule has 0 spiro atoms. The topological polar surface area (TPSA) is 40.5 Å². The summed E-state index contributed by atoms with van der Waals surface area (Å²) >= 11 is 0. The van der Waals surface area contributed by atoms with Gasteiger partial charge in [0.2, 0.25) is 0 Å². The Morgan fingerprint density at radius 3 is 2.86 bits per heavy atom. The molecular formula is C19H28O2. The predicted molar refractivity (Wildman–Crippen MR) is 83.6 cm³/mol. The van der Waals surface area contributed by atoms with E-state index in [1.54, 1.807) is 0 Å². The van der Waals surface area contributed by atoms with Gasteiger partial charge in [-0.25, -0.2) is 0 Å². The van der Waals surface area contributed by atoms with Crippen molar-refractivity contribution in [2.75, 3.05) is 6.61 Å². The third-order valence-electron chi connectivity index (χ3n) is 7.41. The van der Waals surface area contributed by atoms with E-state index >= 15 is 0 Å². The quantitative estimate of drug-likeness (QED) is 0.726. The van der Waals surface area contributed by atoms with Gasteiger partial charge in [0.05, 0.1) is 12.7 Å². The molecule has 0 aliphatic heterocycles. The Hall–Kier alpha value is -0.600. The van der Waals surface area contributed by atoms with E-state index in [4.69, 9.17) is 0 Å². The molecule has 21 heavy (non-hydrogen) atoms. The number of fused-ring (bicyclic) bond motifs is 5. The average molecular weight is 288 g/mol. The van der Waals surface area contributed by atoms with Crippen LogP contribution in [0.15, 0.2) is 23.8 Å². The summed E-state index contributed by atoms with van der Waals surface area (Å²) < 4.78 is 0. The summed E-state index contributed by atoms with van der Waals surface area (Å²) in [6.07, 6.45) is 14.6. The van der Waals surface area contributed by atoms with Crippen LogP contribution >= 0.6 is 0 Å². The van der Waals surface area contributed by atoms with Crippen molar-refractivity contribution in [1.29, 1.82) is 0 Å². The zero-order chi connectivity index (χ0) is 14.7. The summed E-state index contributed by atoms with van der Waals surface area (Å²) in [6.45, 7) is 2.72. The van der Waals surface area contributed by atoms with Crippen LogP contribution in [0.1, 0.15) is 51.9 Å². The highest BCUT2D eigenvalue weighted by Gasteiger charge is 2.56. The van der Waals surface area contributed by atoms with E-state index in [0.29, 0.717) is 11.3 Å². The van der Waals surface area contributed by atoms with Crippen molar-refractivity contribution in [3.8, 4) is 0 Å². The molecule has 2 saturated carbocycles. The van der Waals surface area contributed by atoms with Crippen molar-refractivity contribution < 1.29 is 10.2 Å². The smallest absolute Gasteiger partial charge is 0.0577 e. The maximum absolute atomic E-state index is 10.3. The molecule has 4 aliphatic carbocycles. The van der Waals surface area contributed by atoms with Gasteiger partial charge in [-0.15, -0.1) is 0 Å². The van der Waals surface area contributed by atoms with Crippen LogP contribution in [-0.2, 0) is 0 Å². The van der Waals surface area contributed by atoms with Gasteiger partial charge >= 0.3 is 0 Å². The van der Waals surface area contributed by atoms with Crippen molar-refractivity contribution in [1.82, 2.24) is 0 Å². The third kappa shape index (κ3) is 1.85. The number of hydrogen-bond donors (Lipinski definition) is 2. The van der Waals surface area contributed by atoms with Gasteiger partial charge in [-0.2, -0.15) is 0 Å². The monoisotopic (exact) mass is 288 g/mol. The zero-order valence-electron chi connectivity index (χ0n) is 13.1. The van der Waals surface area contributed by atoms with Crippen molar-refractivity contribution >= 4 is 0 Å². The molecule has 0 bridgehead atoms. The molecule has 0 radical (unpaired) electrons. The van der Waals surface area contributed by atoms with Crippen LogP contribution in [0.5, 0.6) is 0 Å². The van der Waals surface area contributed by atoms with Crippen LogP contribution in [0.25, 0.3) is 0 Å². The van der Waals surface area contributed by atoms with Gasteiger partial charge in [0, 0.05) is 5.41 Å². The fraction of sp³-hybridized carbons (Fsp3) is 0.789. The molecule has 6 atom stereocenters. The summed E-state index contributed by atoms with van der Waals surface area (Å²) in [7, 11) is 0. The van der Waals surface area contributed by atoms with Gasteiger partial charge in [-0.05, 0) is 68.1 Å². The average Bonchev–Trinajstić information content (AvgIpc) is 2.88. The number of aliphatic hydroxyl groups excluding tert-OH is 2. The Bertz CT molecular complexity index is 494. The fourth-order valence-electron chi connectivity index (χ4n) is 6.22. The minimum absolute atomic E-state index is 0.00787. The second kappa shape index (κ2) is 4.70. The number of rotatable bonds is 1. The lowest BCUT2D eigenvalue weighted by Crippen LogP contribution is -2.52. The van der Waals surface area contributed by atoms with Crippen LogP contribution in [0, 0.1) is 28.6 Å². The van der Waals surface area contributed by atoms with Gasteiger partial charge < -0.3 is 10.2 Å². The summed E-state index contributed by atoms with van der Waals surface area (Å²) in [6, 6.07) is 0. The van der Waals surface area contributed by atoms with E-state index in [-0.39, 0.29) is 18.1 Å². The van der Waals surface area contributed by atoms with Crippen LogP contribution < -0.4 is 0 Å². The van der Waals surface area contributed by atoms with Gasteiger partial charge in [0.1, 0.15) is 0 Å². The Morgan fingerprint density at radius 2 is 2.05 bits per heavy atom. The van der Waals surface area contributed by atoms with E-state index in [1.165, 1.54) is 24.8 Å². The SMILES string of the molecule is C[C@@]12C=CC[C@H]1[C@@H]1CC=C3C[C@@H](O)CC[C@]3(CO)[C@H]1CC2. The highest BCUT2D eigenvalue weighted by molar-refractivity contribution is 5.27. The van der Waals surface area contributed by atoms with Crippen LogP contribution in [0.4, 0.5) is 0 Å². The third-order valence-corrected chi connectivity index (χ3v) is 7.41. The van der Waals surface area contributed by atoms with Crippen molar-refractivity contribution in [2.24, 2.45) is 28.6 Å². The molecule has 2 fully saturated rings. The van der Waals surface area contributed by atoms with E-state index in [2.05, 4.69) is 25.2 Å². The first kappa shape index (κ1) is 14.0. The Balaban J connectivity index is 1.71. The summed E-state index contributed by atoms with van der Waals surface area (Å²) in [5.41, 5.74) is 1.77. The molecule has 0 amide bonds. The second-order valence-corrected chi connectivity index (χ2v) is 8.24. The van der Waals surface area contributed by atoms with Crippen molar-refractivity contribution in [3.63, 3.8) is 0 Å². The van der Waals surface area contributed by atoms with Crippen molar-refractivity contribution in [3.05, 3.63) is 23.8 Å². The molecule has 4 rings (SSSR count). The number of allylic oxidation sites excluding steroid dienone is 3. The van der Waals surface area contributed by atoms with Crippen LogP contribution in [-0.4, -0.2) is 22.9 Å². The lowest BCUT2D eigenvalue weighted by Gasteiger charge is -2.57. The van der Waals surface area contributed by atoms with Gasteiger partial charge in [0.25, 0.3) is 0 Å². The van der Waals surface area contributed by atoms with E-state index < -0.39 is 0 Å². The molecule has 2 heteroatoms. The summed E-state index contributed by atoms with van der Waals surface area (Å²) in [5, 5.41) is 20.3. The normalized spacial score (nSPS) is 51.9. The predicted octanol–water partition coefficient (Wildman–Crippen LogP) is 3.45. The van der Waals surface area contributed by atoms with E-state index in [9.17, 15) is 10.2 Å². The van der Waals surface area contributed by atoms with Crippen LogP contribution in [0.3, 0.4) is 0 Å². The Morgan fingerprint density at radius 1 is 1.19 bits per heavy atom. The first-order chi connectivity index (χ1) is 10.1. The molecule has 0 aromatic carbocycles. The lowest BCUT2D eigenvalue weighted by atomic mass is 9.47. The molecule has 4 aliphatic rings. The highest BCUT2D eigenvalue weighted by atomic mass is 16.3. The molecule has 0 unspecified atom stereocenters. The maximum atomic E-state index is 10.3. The van der Waals surface area contributed by atoms with Gasteiger partial charge in [0.15, 0.2) is 0 Å². The summed E-state index contributed by atoms with van der Waals surface area (Å²) in [5.74, 6) is 2.13. The zero-order valence-corrected chi connectivity index (χ0v) is 13.1. The minimum Gasteiger partial charge on any atom is -0.395 e. The van der Waals surface area contributed by atoms with E-state index in [0.717, 1.165) is 37.5 Å². The van der Waals surface area contributed by atoms with Crippen molar-refractivity contribution in [2.45, 2.75) is 58.0 Å². The standard InChI is InChI=1S/C19H28O2/c1-18-8-2-3-16(18)15-5-4-13-11-14(21)6-10-19(13,12-20)17(15)7-9-18/h2,4,8,14-17,20-21H,3,5-7,9-12H2,1H3/t14-,15-,16-,17-,18-,19+/m0/s1. The van der Waals surface area contributed by atoms with Gasteiger partial charge in [-0.3, -0.25) is 0 Å². The molecule has 116 valence electrons. The van der Waals surface area contributed by atoms with Gasteiger partial charge in [-0.1, -0.05) is 30.7 Å². The molecular weight excluding hydrogens is 260 g/mol. The molecule has 2 N–H and O–H groups in total.